The molecule has 1 amide bonds. The molecule has 2 heterocycles. The Morgan fingerprint density at radius 2 is 2.18 bits per heavy atom. The topological polar surface area (TPSA) is 55.6 Å². The van der Waals surface area contributed by atoms with Gasteiger partial charge in [0.15, 0.2) is 5.65 Å². The average Bonchev–Trinajstić information content (AvgIpc) is 3.15. The molecule has 2 aromatic rings. The number of nitrogens with zero attached hydrogens (tertiary/aromatic N) is 2. The molecular formula is C16H20BrN3O2. The van der Waals surface area contributed by atoms with Crippen LogP contribution in [0.3, 0.4) is 0 Å². The van der Waals surface area contributed by atoms with Crippen LogP contribution < -0.4 is 5.32 Å². The van der Waals surface area contributed by atoms with Gasteiger partial charge in [-0.25, -0.2) is 9.78 Å². The highest BCUT2D eigenvalue weighted by atomic mass is 79.9. The normalized spacial score (nSPS) is 15.1. The second-order valence-electron chi connectivity index (χ2n) is 6.71. The van der Waals surface area contributed by atoms with E-state index in [1.54, 1.807) is 0 Å². The Morgan fingerprint density at radius 3 is 2.82 bits per heavy atom. The van der Waals surface area contributed by atoms with Gasteiger partial charge in [-0.15, -0.1) is 0 Å². The molecule has 5 nitrogen and oxygen atoms in total. The zero-order valence-corrected chi connectivity index (χ0v) is 14.6. The highest BCUT2D eigenvalue weighted by molar-refractivity contribution is 9.10. The molecule has 0 aliphatic heterocycles. The van der Waals surface area contributed by atoms with Gasteiger partial charge in [0.2, 0.25) is 0 Å². The molecule has 1 saturated carbocycles. The van der Waals surface area contributed by atoms with E-state index in [0.29, 0.717) is 12.5 Å². The number of imidazole rings is 1. The number of hydrogen-bond donors (Lipinski definition) is 1. The molecule has 22 heavy (non-hydrogen) atoms. The van der Waals surface area contributed by atoms with Crippen LogP contribution in [0.15, 0.2) is 22.9 Å². The van der Waals surface area contributed by atoms with Gasteiger partial charge in [-0.05, 0) is 67.1 Å². The molecule has 0 spiro atoms. The van der Waals surface area contributed by atoms with Crippen molar-refractivity contribution in [3.8, 4) is 0 Å². The Labute approximate surface area is 138 Å². The number of carbonyl (C=O) groups is 1. The summed E-state index contributed by atoms with van der Waals surface area (Å²) in [4.78, 5) is 16.2. The second-order valence-corrected chi connectivity index (χ2v) is 7.57. The van der Waals surface area contributed by atoms with Gasteiger partial charge in [0.05, 0.1) is 16.7 Å². The van der Waals surface area contributed by atoms with E-state index in [1.807, 2.05) is 31.4 Å². The van der Waals surface area contributed by atoms with Crippen LogP contribution in [0.25, 0.3) is 5.65 Å². The number of ether oxygens (including phenoxy) is 1. The zero-order chi connectivity index (χ0) is 15.9. The fraction of sp³-hybridized carbons (Fsp3) is 0.500. The van der Waals surface area contributed by atoms with E-state index in [9.17, 15) is 4.79 Å². The van der Waals surface area contributed by atoms with Gasteiger partial charge >= 0.3 is 6.09 Å². The molecule has 0 saturated heterocycles. The lowest BCUT2D eigenvalue weighted by Crippen LogP contribution is -2.32. The third kappa shape index (κ3) is 3.61. The molecule has 1 aliphatic rings. The molecule has 2 aromatic heterocycles. The van der Waals surface area contributed by atoms with Crippen LogP contribution in [0.4, 0.5) is 4.79 Å². The van der Waals surface area contributed by atoms with Crippen LogP contribution >= 0.6 is 15.9 Å². The summed E-state index contributed by atoms with van der Waals surface area (Å²) in [5.74, 6) is 0.687. The third-order valence-corrected chi connectivity index (χ3v) is 4.02. The first-order valence-corrected chi connectivity index (χ1v) is 8.25. The number of rotatable bonds is 3. The smallest absolute Gasteiger partial charge is 0.407 e. The van der Waals surface area contributed by atoms with Crippen LogP contribution in [0.1, 0.15) is 50.8 Å². The molecule has 0 atom stereocenters. The summed E-state index contributed by atoms with van der Waals surface area (Å²) in [5.41, 5.74) is 2.51. The van der Waals surface area contributed by atoms with Crippen molar-refractivity contribution in [1.29, 1.82) is 0 Å². The number of hydrogen-bond acceptors (Lipinski definition) is 3. The van der Waals surface area contributed by atoms with Crippen molar-refractivity contribution < 1.29 is 9.53 Å². The summed E-state index contributed by atoms with van der Waals surface area (Å²) < 4.78 is 8.23. The first kappa shape index (κ1) is 15.3. The highest BCUT2D eigenvalue weighted by Crippen LogP contribution is 2.41. The van der Waals surface area contributed by atoms with Crippen LogP contribution in [0.2, 0.25) is 0 Å². The lowest BCUT2D eigenvalue weighted by Gasteiger charge is -2.19. The summed E-state index contributed by atoms with van der Waals surface area (Å²) >= 11 is 3.58. The number of amides is 1. The predicted molar refractivity (Wildman–Crippen MR) is 87.9 cm³/mol. The predicted octanol–water partition coefficient (Wildman–Crippen LogP) is 4.00. The molecule has 0 unspecified atom stereocenters. The summed E-state index contributed by atoms with van der Waals surface area (Å²) in [6, 6.07) is 2.14. The number of carbonyl (C=O) groups excluding carboxylic acids is 1. The fourth-order valence-corrected chi connectivity index (χ4v) is 2.89. The average molecular weight is 366 g/mol. The number of aromatic nitrogens is 2. The maximum absolute atomic E-state index is 11.7. The Balaban J connectivity index is 1.72. The molecule has 0 radical (unpaired) electrons. The van der Waals surface area contributed by atoms with Crippen molar-refractivity contribution >= 4 is 27.7 Å². The maximum atomic E-state index is 11.7. The monoisotopic (exact) mass is 365 g/mol. The number of fused-ring (bicyclic) bond motifs is 1. The Morgan fingerprint density at radius 1 is 1.45 bits per heavy atom. The number of nitrogens with one attached hydrogen (secondary N) is 1. The summed E-state index contributed by atoms with van der Waals surface area (Å²) in [6.07, 6.45) is 6.17. The van der Waals surface area contributed by atoms with Gasteiger partial charge < -0.3 is 14.5 Å². The van der Waals surface area contributed by atoms with E-state index in [1.165, 1.54) is 18.4 Å². The molecule has 6 heteroatoms. The minimum Gasteiger partial charge on any atom is -0.444 e. The summed E-state index contributed by atoms with van der Waals surface area (Å²) in [5, 5.41) is 2.73. The SMILES string of the molecule is CC(C)(C)OC(=O)NCc1cn2cc(C3CC3)cc(Br)c2n1. The summed E-state index contributed by atoms with van der Waals surface area (Å²) in [7, 11) is 0. The van der Waals surface area contributed by atoms with Crippen LogP contribution in [-0.4, -0.2) is 21.1 Å². The molecule has 1 fully saturated rings. The van der Waals surface area contributed by atoms with Crippen molar-refractivity contribution in [2.24, 2.45) is 0 Å². The fourth-order valence-electron chi connectivity index (χ4n) is 2.33. The van der Waals surface area contributed by atoms with Crippen molar-refractivity contribution in [1.82, 2.24) is 14.7 Å². The minimum atomic E-state index is -0.495. The van der Waals surface area contributed by atoms with Gasteiger partial charge in [0.25, 0.3) is 0 Å². The largest absolute Gasteiger partial charge is 0.444 e. The van der Waals surface area contributed by atoms with Gasteiger partial charge in [-0.2, -0.15) is 0 Å². The van der Waals surface area contributed by atoms with Crippen LogP contribution in [-0.2, 0) is 11.3 Å². The van der Waals surface area contributed by atoms with Crippen LogP contribution in [0.5, 0.6) is 0 Å². The van der Waals surface area contributed by atoms with Crippen LogP contribution in [0, 0.1) is 0 Å². The van der Waals surface area contributed by atoms with Crippen molar-refractivity contribution in [2.45, 2.75) is 51.7 Å². The first-order chi connectivity index (χ1) is 10.3. The van der Waals surface area contributed by atoms with Gasteiger partial charge in [-0.1, -0.05) is 0 Å². The maximum Gasteiger partial charge on any atom is 0.407 e. The second kappa shape index (κ2) is 5.57. The van der Waals surface area contributed by atoms with E-state index in [4.69, 9.17) is 4.74 Å². The van der Waals surface area contributed by atoms with Crippen molar-refractivity contribution in [2.75, 3.05) is 0 Å². The quantitative estimate of drug-likeness (QED) is 0.894. The van der Waals surface area contributed by atoms with E-state index in [-0.39, 0.29) is 0 Å². The number of pyridine rings is 1. The lowest BCUT2D eigenvalue weighted by atomic mass is 10.2. The molecule has 118 valence electrons. The standard InChI is InChI=1S/C16H20BrN3O2/c1-16(2,3)22-15(21)18-7-12-9-20-8-11(10-4-5-10)6-13(17)14(20)19-12/h6,8-10H,4-5,7H2,1-3H3,(H,18,21). The number of halogens is 1. The zero-order valence-electron chi connectivity index (χ0n) is 13.0. The molecule has 0 aromatic carbocycles. The van der Waals surface area contributed by atoms with E-state index in [2.05, 4.69) is 38.5 Å². The van der Waals surface area contributed by atoms with Crippen molar-refractivity contribution in [3.63, 3.8) is 0 Å². The van der Waals surface area contributed by atoms with E-state index in [0.717, 1.165) is 15.8 Å². The third-order valence-electron chi connectivity index (χ3n) is 3.44. The Bertz CT molecular complexity index is 714. The highest BCUT2D eigenvalue weighted by Gasteiger charge is 2.24. The van der Waals surface area contributed by atoms with Crippen molar-refractivity contribution in [3.05, 3.63) is 34.2 Å². The van der Waals surface area contributed by atoms with E-state index < -0.39 is 11.7 Å². The molecule has 1 N–H and O–H groups in total. The van der Waals surface area contributed by atoms with Gasteiger partial charge in [0, 0.05) is 12.4 Å². The first-order valence-electron chi connectivity index (χ1n) is 7.46. The Kier molecular flexibility index (Phi) is 3.89. The molecule has 1 aliphatic carbocycles. The molecule has 3 rings (SSSR count). The van der Waals surface area contributed by atoms with E-state index >= 15 is 0 Å². The lowest BCUT2D eigenvalue weighted by molar-refractivity contribution is 0.0523. The number of alkyl carbamates (subject to hydrolysis) is 1. The summed E-state index contributed by atoms with van der Waals surface area (Å²) in [6.45, 7) is 5.87. The van der Waals surface area contributed by atoms with Gasteiger partial charge in [0.1, 0.15) is 5.60 Å². The van der Waals surface area contributed by atoms with Gasteiger partial charge in [-0.3, -0.25) is 0 Å². The molecule has 0 bridgehead atoms. The Hall–Kier alpha value is -1.56. The molecular weight excluding hydrogens is 346 g/mol. The minimum absolute atomic E-state index is 0.349.